The summed E-state index contributed by atoms with van der Waals surface area (Å²) in [5, 5.41) is 22.1. The molecular formula is C46H73NO6. The molecule has 6 fully saturated rings. The summed E-state index contributed by atoms with van der Waals surface area (Å²) < 4.78 is 6.19. The van der Waals surface area contributed by atoms with Crippen molar-refractivity contribution in [2.24, 2.45) is 68.0 Å². The van der Waals surface area contributed by atoms with E-state index in [1.165, 1.54) is 37.7 Å². The van der Waals surface area contributed by atoms with E-state index >= 15 is 0 Å². The number of esters is 1. The summed E-state index contributed by atoms with van der Waals surface area (Å²) in [6, 6.07) is 0. The van der Waals surface area contributed by atoms with Gasteiger partial charge in [-0.3, -0.25) is 14.4 Å². The van der Waals surface area contributed by atoms with Crippen LogP contribution in [0.15, 0.2) is 11.1 Å². The second kappa shape index (κ2) is 13.4. The summed E-state index contributed by atoms with van der Waals surface area (Å²) in [6.45, 7) is 22.8. The SMILES string of the molecule is CC(C)C1=C2[C@H]3CC[C@@H]4[C@@]5(C)CC[C@H](OC(=O)CC(C)(C)C(=O)O)C(C)(C)[C@@H]5CC[C@@]4(C)[C@]3(C)CC[C@@]2(C(O)CN2CCC3CCCCC3C2)CC1=O. The molecular weight excluding hydrogens is 663 g/mol. The molecule has 7 aliphatic rings. The number of Topliss-reactive ketones (excluding diaryl/α,β-unsaturated/α-hetero) is 1. The predicted molar refractivity (Wildman–Crippen MR) is 208 cm³/mol. The first-order valence-electron chi connectivity index (χ1n) is 21.8. The van der Waals surface area contributed by atoms with E-state index in [0.29, 0.717) is 36.5 Å². The minimum absolute atomic E-state index is 0.0313. The van der Waals surface area contributed by atoms with E-state index in [-0.39, 0.29) is 40.1 Å². The number of carbonyl (C=O) groups excluding carboxylic acids is 2. The molecule has 0 spiro atoms. The fourth-order valence-corrected chi connectivity index (χ4v) is 15.2. The summed E-state index contributed by atoms with van der Waals surface area (Å²) in [7, 11) is 0. The molecule has 1 aliphatic heterocycles. The molecule has 298 valence electrons. The molecule has 53 heavy (non-hydrogen) atoms. The smallest absolute Gasteiger partial charge is 0.309 e. The zero-order chi connectivity index (χ0) is 38.5. The Balaban J connectivity index is 1.14. The fourth-order valence-electron chi connectivity index (χ4n) is 15.2. The Bertz CT molecular complexity index is 1510. The van der Waals surface area contributed by atoms with Crippen molar-refractivity contribution in [1.82, 2.24) is 4.90 Å². The van der Waals surface area contributed by atoms with Gasteiger partial charge in [-0.15, -0.1) is 0 Å². The van der Waals surface area contributed by atoms with Crippen LogP contribution in [0.5, 0.6) is 0 Å². The largest absolute Gasteiger partial charge is 0.481 e. The Morgan fingerprint density at radius 1 is 0.868 bits per heavy atom. The van der Waals surface area contributed by atoms with Crippen LogP contribution in [-0.4, -0.2) is 64.7 Å². The number of rotatable bonds is 8. The van der Waals surface area contributed by atoms with E-state index in [1.54, 1.807) is 13.8 Å². The molecule has 0 aromatic heterocycles. The molecule has 5 saturated carbocycles. The van der Waals surface area contributed by atoms with Crippen LogP contribution in [0, 0.1) is 68.0 Å². The number of likely N-dealkylation sites (tertiary alicyclic amines) is 1. The Morgan fingerprint density at radius 2 is 1.57 bits per heavy atom. The van der Waals surface area contributed by atoms with Crippen LogP contribution in [0.25, 0.3) is 0 Å². The van der Waals surface area contributed by atoms with E-state index in [9.17, 15) is 24.6 Å². The van der Waals surface area contributed by atoms with Gasteiger partial charge in [0, 0.05) is 30.3 Å². The number of aliphatic hydroxyl groups is 1. The number of ether oxygens (including phenoxy) is 1. The summed E-state index contributed by atoms with van der Waals surface area (Å²) in [6.07, 6.45) is 14.5. The van der Waals surface area contributed by atoms with Crippen LogP contribution in [-0.2, 0) is 19.1 Å². The van der Waals surface area contributed by atoms with E-state index in [4.69, 9.17) is 4.74 Å². The molecule has 7 heteroatoms. The molecule has 3 unspecified atom stereocenters. The van der Waals surface area contributed by atoms with Crippen LogP contribution >= 0.6 is 0 Å². The minimum atomic E-state index is -1.15. The van der Waals surface area contributed by atoms with Crippen molar-refractivity contribution >= 4 is 17.7 Å². The van der Waals surface area contributed by atoms with Gasteiger partial charge < -0.3 is 19.8 Å². The van der Waals surface area contributed by atoms with Crippen molar-refractivity contribution < 1.29 is 29.3 Å². The maximum Gasteiger partial charge on any atom is 0.309 e. The molecule has 2 N–H and O–H groups in total. The van der Waals surface area contributed by atoms with E-state index in [0.717, 1.165) is 81.9 Å². The van der Waals surface area contributed by atoms with Crippen molar-refractivity contribution in [2.75, 3.05) is 19.6 Å². The lowest BCUT2D eigenvalue weighted by atomic mass is 9.33. The number of ketones is 1. The van der Waals surface area contributed by atoms with Crippen molar-refractivity contribution in [2.45, 2.75) is 171 Å². The predicted octanol–water partition coefficient (Wildman–Crippen LogP) is 9.25. The maximum absolute atomic E-state index is 14.2. The number of hydrogen-bond acceptors (Lipinski definition) is 6. The lowest BCUT2D eigenvalue weighted by molar-refractivity contribution is -0.235. The molecule has 0 radical (unpaired) electrons. The summed E-state index contributed by atoms with van der Waals surface area (Å²) in [4.78, 5) is 41.7. The molecule has 0 aromatic rings. The lowest BCUT2D eigenvalue weighted by Gasteiger charge is -2.72. The molecule has 7 nitrogen and oxygen atoms in total. The number of allylic oxidation sites excluding steroid dienone is 1. The number of aliphatic carboxylic acids is 1. The van der Waals surface area contributed by atoms with Crippen molar-refractivity contribution in [3.63, 3.8) is 0 Å². The highest BCUT2D eigenvalue weighted by atomic mass is 16.5. The number of carboxylic acids is 1. The number of carbonyl (C=O) groups is 3. The van der Waals surface area contributed by atoms with Crippen LogP contribution in [0.2, 0.25) is 0 Å². The third-order valence-electron chi connectivity index (χ3n) is 18.3. The minimum Gasteiger partial charge on any atom is -0.481 e. The topological polar surface area (TPSA) is 104 Å². The zero-order valence-corrected chi connectivity index (χ0v) is 34.8. The highest BCUT2D eigenvalue weighted by Crippen LogP contribution is 2.77. The first-order valence-corrected chi connectivity index (χ1v) is 21.8. The number of nitrogens with zero attached hydrogens (tertiary/aromatic N) is 1. The van der Waals surface area contributed by atoms with Gasteiger partial charge in [-0.25, -0.2) is 0 Å². The Labute approximate surface area is 320 Å². The van der Waals surface area contributed by atoms with Gasteiger partial charge in [-0.05, 0) is 142 Å². The van der Waals surface area contributed by atoms with Gasteiger partial charge in [-0.2, -0.15) is 0 Å². The van der Waals surface area contributed by atoms with Gasteiger partial charge in [0.2, 0.25) is 0 Å². The summed E-state index contributed by atoms with van der Waals surface area (Å²) >= 11 is 0. The second-order valence-corrected chi connectivity index (χ2v) is 21.9. The number of hydrogen-bond donors (Lipinski definition) is 2. The van der Waals surface area contributed by atoms with E-state index in [1.807, 2.05) is 0 Å². The number of β-amino-alcohol motifs (C(OH)–C–C–N with tert-alkyl or cyclic N) is 1. The van der Waals surface area contributed by atoms with Gasteiger partial charge in [0.1, 0.15) is 6.10 Å². The van der Waals surface area contributed by atoms with Gasteiger partial charge in [0.05, 0.1) is 17.9 Å². The van der Waals surface area contributed by atoms with Crippen LogP contribution < -0.4 is 0 Å². The lowest BCUT2D eigenvalue weighted by Crippen LogP contribution is -2.66. The molecule has 1 heterocycles. The standard InChI is InChI=1S/C46H73NO6/c1-28(2)38-32(48)24-46(35(49)27-47-23-18-29-12-10-11-13-30(29)26-47)22-21-44(8)31(39(38)46)14-15-34-43(7)19-17-36(53-37(50)25-41(3,4)40(51)52)42(5,6)33(43)16-20-45(34,44)9/h28-31,33-36,49H,10-27H2,1-9H3,(H,51,52)/t29?,30?,31-,33+,34-,35?,36+,43+,44-,45-,46+/m1/s1. The normalized spacial score (nSPS) is 43.3. The molecule has 0 bridgehead atoms. The highest BCUT2D eigenvalue weighted by Gasteiger charge is 2.71. The van der Waals surface area contributed by atoms with Gasteiger partial charge in [-0.1, -0.05) is 73.3 Å². The quantitative estimate of drug-likeness (QED) is 0.240. The summed E-state index contributed by atoms with van der Waals surface area (Å²) in [5.74, 6) is 1.93. The number of carboxylic acid groups (broad SMARTS) is 1. The first kappa shape index (κ1) is 39.5. The Hall–Kier alpha value is -1.73. The third-order valence-corrected chi connectivity index (χ3v) is 18.3. The van der Waals surface area contributed by atoms with Crippen molar-refractivity contribution in [3.05, 3.63) is 11.1 Å². The Morgan fingerprint density at radius 3 is 2.25 bits per heavy atom. The monoisotopic (exact) mass is 736 g/mol. The number of fused-ring (bicyclic) bond motifs is 8. The molecule has 0 aromatic carbocycles. The van der Waals surface area contributed by atoms with Gasteiger partial charge >= 0.3 is 11.9 Å². The Kier molecular flexibility index (Phi) is 10.0. The average molecular weight is 736 g/mol. The number of piperidine rings is 1. The van der Waals surface area contributed by atoms with Crippen LogP contribution in [0.3, 0.4) is 0 Å². The molecule has 6 aliphatic carbocycles. The highest BCUT2D eigenvalue weighted by molar-refractivity contribution is 6.00. The van der Waals surface area contributed by atoms with Gasteiger partial charge in [0.25, 0.3) is 0 Å². The first-order chi connectivity index (χ1) is 24.7. The molecule has 7 rings (SSSR count). The van der Waals surface area contributed by atoms with Crippen molar-refractivity contribution in [3.8, 4) is 0 Å². The second-order valence-electron chi connectivity index (χ2n) is 21.9. The van der Waals surface area contributed by atoms with E-state index < -0.39 is 28.9 Å². The maximum atomic E-state index is 14.2. The fraction of sp³-hybridized carbons (Fsp3) is 0.891. The molecule has 1 saturated heterocycles. The van der Waals surface area contributed by atoms with E-state index in [2.05, 4.69) is 53.4 Å². The van der Waals surface area contributed by atoms with Crippen molar-refractivity contribution in [1.29, 1.82) is 0 Å². The molecule has 0 amide bonds. The van der Waals surface area contributed by atoms with Gasteiger partial charge in [0.15, 0.2) is 5.78 Å². The average Bonchev–Trinajstić information content (AvgIpc) is 3.39. The number of aliphatic hydroxyl groups excluding tert-OH is 1. The third kappa shape index (κ3) is 6.04. The summed E-state index contributed by atoms with van der Waals surface area (Å²) in [5.41, 5.74) is 0.830. The molecule has 11 atom stereocenters. The zero-order valence-electron chi connectivity index (χ0n) is 34.8. The van der Waals surface area contributed by atoms with Crippen LogP contribution in [0.4, 0.5) is 0 Å². The van der Waals surface area contributed by atoms with Crippen LogP contribution in [0.1, 0.15) is 159 Å².